The predicted octanol–water partition coefficient (Wildman–Crippen LogP) is 2.53. The molecule has 1 heterocycles. The van der Waals surface area contributed by atoms with Gasteiger partial charge in [0.25, 0.3) is 5.91 Å². The summed E-state index contributed by atoms with van der Waals surface area (Å²) in [7, 11) is -3.59. The van der Waals surface area contributed by atoms with E-state index < -0.39 is 34.1 Å². The number of carbonyl (C=O) groups excluding carboxylic acids is 2. The Balaban J connectivity index is 1.55. The van der Waals surface area contributed by atoms with Crippen molar-refractivity contribution in [3.05, 3.63) is 24.3 Å². The standard InChI is InChI=1S/C22H32N2O6S/c1-16-12-17(2)14-24(13-16)31(28,29)19-8-6-18(7-9-19)23-20(25)15-30-21(26)22(27)10-4-3-5-11-22/h6-9,16-17,27H,3-5,10-15H2,1-2H3,(H,23,25)/t16-,17+. The second-order valence-corrected chi connectivity index (χ2v) is 10.9. The fraction of sp³-hybridized carbons (Fsp3) is 0.636. The molecule has 172 valence electrons. The Morgan fingerprint density at radius 2 is 1.68 bits per heavy atom. The van der Waals surface area contributed by atoms with Crippen LogP contribution in [0.4, 0.5) is 5.69 Å². The molecule has 31 heavy (non-hydrogen) atoms. The van der Waals surface area contributed by atoms with E-state index in [4.69, 9.17) is 4.74 Å². The zero-order valence-corrected chi connectivity index (χ0v) is 19.0. The van der Waals surface area contributed by atoms with Crippen molar-refractivity contribution in [2.75, 3.05) is 25.0 Å². The first-order valence-electron chi connectivity index (χ1n) is 10.9. The number of hydrogen-bond acceptors (Lipinski definition) is 6. The predicted molar refractivity (Wildman–Crippen MR) is 116 cm³/mol. The van der Waals surface area contributed by atoms with Gasteiger partial charge in [0.1, 0.15) is 0 Å². The molecule has 1 aliphatic carbocycles. The first-order valence-corrected chi connectivity index (χ1v) is 12.3. The average Bonchev–Trinajstić information content (AvgIpc) is 2.72. The highest BCUT2D eigenvalue weighted by Crippen LogP contribution is 2.29. The quantitative estimate of drug-likeness (QED) is 0.642. The van der Waals surface area contributed by atoms with Gasteiger partial charge >= 0.3 is 5.97 Å². The van der Waals surface area contributed by atoms with E-state index in [2.05, 4.69) is 19.2 Å². The summed E-state index contributed by atoms with van der Waals surface area (Å²) >= 11 is 0. The van der Waals surface area contributed by atoms with Crippen LogP contribution < -0.4 is 5.32 Å². The van der Waals surface area contributed by atoms with Crippen molar-refractivity contribution in [1.29, 1.82) is 0 Å². The van der Waals surface area contributed by atoms with Gasteiger partial charge in [0.2, 0.25) is 10.0 Å². The van der Waals surface area contributed by atoms with Gasteiger partial charge in [0.05, 0.1) is 4.90 Å². The number of hydrogen-bond donors (Lipinski definition) is 2. The number of ether oxygens (including phenoxy) is 1. The summed E-state index contributed by atoms with van der Waals surface area (Å²) in [5.41, 5.74) is -1.10. The monoisotopic (exact) mass is 452 g/mol. The lowest BCUT2D eigenvalue weighted by Gasteiger charge is -2.34. The number of nitrogens with one attached hydrogen (secondary N) is 1. The number of aliphatic hydroxyl groups is 1. The van der Waals surface area contributed by atoms with Crippen LogP contribution in [0.15, 0.2) is 29.2 Å². The SMILES string of the molecule is C[C@@H]1C[C@H](C)CN(S(=O)(=O)c2ccc(NC(=O)COC(=O)C3(O)CCCCC3)cc2)C1. The Bertz CT molecular complexity index is 883. The molecule has 0 unspecified atom stereocenters. The largest absolute Gasteiger partial charge is 0.453 e. The van der Waals surface area contributed by atoms with Crippen LogP contribution in [-0.2, 0) is 24.3 Å². The summed E-state index contributed by atoms with van der Waals surface area (Å²) in [5, 5.41) is 12.9. The van der Waals surface area contributed by atoms with E-state index in [1.165, 1.54) is 28.6 Å². The van der Waals surface area contributed by atoms with Gasteiger partial charge < -0.3 is 15.2 Å². The van der Waals surface area contributed by atoms with Gasteiger partial charge in [-0.05, 0) is 68.2 Å². The summed E-state index contributed by atoms with van der Waals surface area (Å²) in [6.45, 7) is 4.60. The van der Waals surface area contributed by atoms with Gasteiger partial charge in [-0.25, -0.2) is 13.2 Å². The summed E-state index contributed by atoms with van der Waals surface area (Å²) in [6.07, 6.45) is 4.18. The molecule has 3 rings (SSSR count). The topological polar surface area (TPSA) is 113 Å². The lowest BCUT2D eigenvalue weighted by Crippen LogP contribution is -2.42. The fourth-order valence-electron chi connectivity index (χ4n) is 4.46. The molecule has 0 bridgehead atoms. The summed E-state index contributed by atoms with van der Waals surface area (Å²) in [5.74, 6) is -0.700. The van der Waals surface area contributed by atoms with E-state index in [0.717, 1.165) is 25.7 Å². The van der Waals surface area contributed by atoms with Crippen LogP contribution in [0.5, 0.6) is 0 Å². The number of carbonyl (C=O) groups is 2. The van der Waals surface area contributed by atoms with Crippen LogP contribution in [-0.4, -0.2) is 55.0 Å². The van der Waals surface area contributed by atoms with Crippen molar-refractivity contribution >= 4 is 27.6 Å². The molecule has 1 aromatic carbocycles. The Morgan fingerprint density at radius 3 is 2.26 bits per heavy atom. The molecule has 2 N–H and O–H groups in total. The number of piperidine rings is 1. The highest BCUT2D eigenvalue weighted by molar-refractivity contribution is 7.89. The lowest BCUT2D eigenvalue weighted by molar-refractivity contribution is -0.170. The third kappa shape index (κ3) is 5.84. The van der Waals surface area contributed by atoms with Gasteiger partial charge in [-0.1, -0.05) is 20.3 Å². The van der Waals surface area contributed by atoms with E-state index >= 15 is 0 Å². The molecule has 1 aromatic rings. The maximum atomic E-state index is 12.9. The third-order valence-corrected chi connectivity index (χ3v) is 7.85. The lowest BCUT2D eigenvalue weighted by atomic mass is 9.85. The molecule has 0 spiro atoms. The minimum absolute atomic E-state index is 0.178. The van der Waals surface area contributed by atoms with Crippen molar-refractivity contribution < 1.29 is 27.9 Å². The van der Waals surface area contributed by atoms with Crippen molar-refractivity contribution in [3.63, 3.8) is 0 Å². The van der Waals surface area contributed by atoms with Gasteiger partial charge in [-0.2, -0.15) is 4.31 Å². The zero-order valence-electron chi connectivity index (χ0n) is 18.2. The number of sulfonamides is 1. The number of benzene rings is 1. The van der Waals surface area contributed by atoms with E-state index in [1.54, 1.807) is 0 Å². The van der Waals surface area contributed by atoms with Crippen molar-refractivity contribution in [3.8, 4) is 0 Å². The second-order valence-electron chi connectivity index (χ2n) is 9.01. The molecule has 2 fully saturated rings. The van der Waals surface area contributed by atoms with Crippen molar-refractivity contribution in [2.45, 2.75) is 62.9 Å². The van der Waals surface area contributed by atoms with Crippen LogP contribution in [0, 0.1) is 11.8 Å². The fourth-order valence-corrected chi connectivity index (χ4v) is 6.14. The summed E-state index contributed by atoms with van der Waals surface area (Å²) in [4.78, 5) is 24.4. The molecular weight excluding hydrogens is 420 g/mol. The molecule has 0 radical (unpaired) electrons. The van der Waals surface area contributed by atoms with Crippen LogP contribution in [0.2, 0.25) is 0 Å². The first-order chi connectivity index (χ1) is 14.6. The van der Waals surface area contributed by atoms with E-state index in [0.29, 0.717) is 43.5 Å². The van der Waals surface area contributed by atoms with Crippen LogP contribution >= 0.6 is 0 Å². The molecule has 1 aliphatic heterocycles. The van der Waals surface area contributed by atoms with Gasteiger partial charge in [-0.3, -0.25) is 4.79 Å². The highest BCUT2D eigenvalue weighted by atomic mass is 32.2. The highest BCUT2D eigenvalue weighted by Gasteiger charge is 2.39. The van der Waals surface area contributed by atoms with E-state index in [1.807, 2.05) is 0 Å². The second kappa shape index (κ2) is 9.67. The maximum Gasteiger partial charge on any atom is 0.338 e. The zero-order chi connectivity index (χ0) is 22.6. The van der Waals surface area contributed by atoms with Crippen molar-refractivity contribution in [1.82, 2.24) is 4.31 Å². The maximum absolute atomic E-state index is 12.9. The Morgan fingerprint density at radius 1 is 1.10 bits per heavy atom. The molecule has 0 aromatic heterocycles. The summed E-state index contributed by atoms with van der Waals surface area (Å²) in [6, 6.07) is 5.95. The molecule has 1 saturated heterocycles. The minimum Gasteiger partial charge on any atom is -0.453 e. The van der Waals surface area contributed by atoms with E-state index in [-0.39, 0.29) is 4.90 Å². The van der Waals surface area contributed by atoms with Crippen molar-refractivity contribution in [2.24, 2.45) is 11.8 Å². The molecule has 1 saturated carbocycles. The number of anilines is 1. The van der Waals surface area contributed by atoms with Gasteiger partial charge in [-0.15, -0.1) is 0 Å². The van der Waals surface area contributed by atoms with Crippen LogP contribution in [0.25, 0.3) is 0 Å². The number of esters is 1. The van der Waals surface area contributed by atoms with Crippen LogP contribution in [0.3, 0.4) is 0 Å². The van der Waals surface area contributed by atoms with Crippen LogP contribution in [0.1, 0.15) is 52.4 Å². The molecule has 2 aliphatic rings. The number of amides is 1. The van der Waals surface area contributed by atoms with Gasteiger partial charge in [0, 0.05) is 18.8 Å². The Labute approximate surface area is 184 Å². The minimum atomic E-state index is -3.59. The molecule has 2 atom stereocenters. The smallest absolute Gasteiger partial charge is 0.338 e. The summed E-state index contributed by atoms with van der Waals surface area (Å²) < 4.78 is 32.4. The average molecular weight is 453 g/mol. The Kier molecular flexibility index (Phi) is 7.39. The Hall–Kier alpha value is -1.97. The molecular formula is C22H32N2O6S. The molecule has 8 nitrogen and oxygen atoms in total. The van der Waals surface area contributed by atoms with E-state index in [9.17, 15) is 23.1 Å². The number of nitrogens with zero attached hydrogens (tertiary/aromatic N) is 1. The number of rotatable bonds is 6. The molecule has 9 heteroatoms. The molecule has 1 amide bonds. The van der Waals surface area contributed by atoms with Gasteiger partial charge in [0.15, 0.2) is 12.2 Å². The third-order valence-electron chi connectivity index (χ3n) is 6.01. The normalized spacial score (nSPS) is 24.4. The first kappa shape index (κ1) is 23.7.